The van der Waals surface area contributed by atoms with E-state index in [9.17, 15) is 0 Å². The van der Waals surface area contributed by atoms with Crippen molar-refractivity contribution >= 4 is 0 Å². The minimum absolute atomic E-state index is 0. The Morgan fingerprint density at radius 3 is 0.833 bits per heavy atom. The van der Waals surface area contributed by atoms with Crippen molar-refractivity contribution in [3.63, 3.8) is 0 Å². The first-order chi connectivity index (χ1) is 2.00. The molecule has 0 spiro atoms. The van der Waals surface area contributed by atoms with Gasteiger partial charge in [-0.05, 0) is 0 Å². The quantitative estimate of drug-likeness (QED) is 0.451. The second-order valence-corrected chi connectivity index (χ2v) is 0. The summed E-state index contributed by atoms with van der Waals surface area (Å²) in [6.45, 7) is 7.00. The normalized spacial score (nSPS) is 0.667. The predicted molar refractivity (Wildman–Crippen MR) is 13.3 cm³/mol. The SMILES string of the molecule is C#N.C#N.[Au].[Na+]. The summed E-state index contributed by atoms with van der Waals surface area (Å²) in [5, 5.41) is 13.0. The van der Waals surface area contributed by atoms with E-state index in [0.717, 1.165) is 0 Å². The van der Waals surface area contributed by atoms with Crippen LogP contribution in [0.3, 0.4) is 0 Å². The first kappa shape index (κ1) is 29.7. The molecule has 0 fully saturated rings. The summed E-state index contributed by atoms with van der Waals surface area (Å²) in [5.41, 5.74) is 0. The molecule has 0 unspecified atom stereocenters. The van der Waals surface area contributed by atoms with E-state index in [1.54, 1.807) is 0 Å². The summed E-state index contributed by atoms with van der Waals surface area (Å²) in [6.07, 6.45) is 0. The second kappa shape index (κ2) is 246. The van der Waals surface area contributed by atoms with E-state index < -0.39 is 0 Å². The molecule has 0 rings (SSSR count). The number of rotatable bonds is 0. The van der Waals surface area contributed by atoms with Gasteiger partial charge in [0, 0.05) is 35.5 Å². The Morgan fingerprint density at radius 1 is 0.833 bits per heavy atom. The zero-order chi connectivity index (χ0) is 4.00. The summed E-state index contributed by atoms with van der Waals surface area (Å²) in [4.78, 5) is 0. The molecule has 1 radical (unpaired) electrons. The molecule has 31 valence electrons. The first-order valence-electron chi connectivity index (χ1n) is 0.516. The zero-order valence-corrected chi connectivity index (χ0v) is 7.52. The second-order valence-electron chi connectivity index (χ2n) is 0. The molecule has 0 saturated carbocycles. The van der Waals surface area contributed by atoms with Crippen LogP contribution in [0.1, 0.15) is 0 Å². The van der Waals surface area contributed by atoms with Crippen molar-refractivity contribution in [2.75, 3.05) is 0 Å². The zero-order valence-electron chi connectivity index (χ0n) is 3.35. The molecule has 0 aromatic rings. The first-order valence-corrected chi connectivity index (χ1v) is 0.516. The minimum Gasteiger partial charge on any atom is -0.202 e. The van der Waals surface area contributed by atoms with E-state index in [1.807, 2.05) is 0 Å². The van der Waals surface area contributed by atoms with Crippen LogP contribution in [0, 0.1) is 23.7 Å². The molecule has 0 aliphatic rings. The third-order valence-electron chi connectivity index (χ3n) is 0. The average Bonchev–Trinajstić information content (AvgIpc) is 1.50. The maximum atomic E-state index is 6.50. The molecule has 0 aromatic heterocycles. The maximum Gasteiger partial charge on any atom is 1.00 e. The van der Waals surface area contributed by atoms with Crippen molar-refractivity contribution in [1.82, 2.24) is 0 Å². The standard InChI is InChI=1S/2CHN.Au.Na/c2*1-2;;/h2*1H;;/q;;;+1. The summed E-state index contributed by atoms with van der Waals surface area (Å²) < 4.78 is 0. The van der Waals surface area contributed by atoms with Gasteiger partial charge in [0.05, 0.1) is 0 Å². The molecule has 0 aliphatic carbocycles. The van der Waals surface area contributed by atoms with Crippen LogP contribution in [-0.4, -0.2) is 0 Å². The van der Waals surface area contributed by atoms with E-state index in [-0.39, 0.29) is 51.9 Å². The van der Waals surface area contributed by atoms with Gasteiger partial charge in [0.25, 0.3) is 0 Å². The van der Waals surface area contributed by atoms with Gasteiger partial charge in [-0.25, -0.2) is 10.5 Å². The van der Waals surface area contributed by atoms with Gasteiger partial charge in [-0.1, -0.05) is 0 Å². The van der Waals surface area contributed by atoms with Gasteiger partial charge in [0.2, 0.25) is 0 Å². The Kier molecular flexibility index (Phi) is 1220. The molecule has 6 heavy (non-hydrogen) atoms. The summed E-state index contributed by atoms with van der Waals surface area (Å²) in [5.74, 6) is 0. The number of hydrogen-bond donors (Lipinski definition) is 0. The third-order valence-corrected chi connectivity index (χ3v) is 0. The number of nitrogens with zero attached hydrogens (tertiary/aromatic N) is 2. The van der Waals surface area contributed by atoms with Crippen LogP contribution in [0.4, 0.5) is 0 Å². The molecule has 4 heteroatoms. The fraction of sp³-hybridized carbons (Fsp3) is 0. The molecule has 0 heterocycles. The maximum absolute atomic E-state index is 6.50. The molecular formula is C2H2AuN2Na+. The molecule has 0 N–H and O–H groups in total. The van der Waals surface area contributed by atoms with Gasteiger partial charge in [-0.15, -0.1) is 0 Å². The van der Waals surface area contributed by atoms with Gasteiger partial charge in [-0.2, -0.15) is 0 Å². The van der Waals surface area contributed by atoms with Crippen molar-refractivity contribution in [3.8, 4) is 13.1 Å². The molecule has 0 aliphatic heterocycles. The molecule has 0 bridgehead atoms. The Morgan fingerprint density at radius 2 is 0.833 bits per heavy atom. The molecular weight excluding hydrogens is 272 g/mol. The van der Waals surface area contributed by atoms with E-state index in [4.69, 9.17) is 10.5 Å². The topological polar surface area (TPSA) is 47.6 Å². The molecule has 0 amide bonds. The smallest absolute Gasteiger partial charge is 0.202 e. The van der Waals surface area contributed by atoms with Gasteiger partial charge in [-0.3, -0.25) is 0 Å². The van der Waals surface area contributed by atoms with Gasteiger partial charge in [0.1, 0.15) is 0 Å². The van der Waals surface area contributed by atoms with Crippen molar-refractivity contribution < 1.29 is 51.9 Å². The number of nitriles is 2. The summed E-state index contributed by atoms with van der Waals surface area (Å²) in [7, 11) is 0. The van der Waals surface area contributed by atoms with Crippen molar-refractivity contribution in [3.05, 3.63) is 0 Å². The molecule has 0 atom stereocenters. The fourth-order valence-corrected chi connectivity index (χ4v) is 0. The van der Waals surface area contributed by atoms with Crippen LogP contribution >= 0.6 is 0 Å². The Labute approximate surface area is 74.9 Å². The summed E-state index contributed by atoms with van der Waals surface area (Å²) >= 11 is 0. The number of hydrogen-bond acceptors (Lipinski definition) is 2. The van der Waals surface area contributed by atoms with Crippen molar-refractivity contribution in [2.45, 2.75) is 0 Å². The molecule has 0 aromatic carbocycles. The minimum atomic E-state index is 0. The summed E-state index contributed by atoms with van der Waals surface area (Å²) in [6, 6.07) is 0. The van der Waals surface area contributed by atoms with Crippen molar-refractivity contribution in [2.24, 2.45) is 0 Å². The Balaban J connectivity index is -0.00000000500. The van der Waals surface area contributed by atoms with Gasteiger partial charge < -0.3 is 0 Å². The van der Waals surface area contributed by atoms with Gasteiger partial charge in [0.15, 0.2) is 0 Å². The van der Waals surface area contributed by atoms with Crippen LogP contribution < -0.4 is 29.6 Å². The predicted octanol–water partition coefficient (Wildman–Crippen LogP) is -2.72. The molecule has 0 saturated heterocycles. The largest absolute Gasteiger partial charge is 1.00 e. The Bertz CT molecular complexity index is 27.0. The monoisotopic (exact) mass is 274 g/mol. The Hall–Kier alpha value is 0.720. The third kappa shape index (κ3) is 126. The van der Waals surface area contributed by atoms with Crippen LogP contribution in [0.2, 0.25) is 0 Å². The van der Waals surface area contributed by atoms with Crippen molar-refractivity contribution in [1.29, 1.82) is 10.5 Å². The van der Waals surface area contributed by atoms with Crippen LogP contribution in [0.5, 0.6) is 0 Å². The van der Waals surface area contributed by atoms with Crippen LogP contribution in [0.25, 0.3) is 0 Å². The van der Waals surface area contributed by atoms with Crippen LogP contribution in [0.15, 0.2) is 0 Å². The van der Waals surface area contributed by atoms with Gasteiger partial charge >= 0.3 is 29.6 Å². The van der Waals surface area contributed by atoms with E-state index in [0.29, 0.717) is 0 Å². The fourth-order valence-electron chi connectivity index (χ4n) is 0. The average molecular weight is 274 g/mol. The van der Waals surface area contributed by atoms with E-state index >= 15 is 0 Å². The molecule has 2 nitrogen and oxygen atoms in total. The van der Waals surface area contributed by atoms with E-state index in [1.165, 1.54) is 0 Å². The van der Waals surface area contributed by atoms with Crippen LogP contribution in [-0.2, 0) is 22.4 Å². The van der Waals surface area contributed by atoms with E-state index in [2.05, 4.69) is 13.1 Å².